The number of hydrogen-bond acceptors (Lipinski definition) is 9. The van der Waals surface area contributed by atoms with Crippen LogP contribution in [0.1, 0.15) is 44.5 Å². The van der Waals surface area contributed by atoms with Crippen LogP contribution in [-0.4, -0.2) is 82.7 Å². The van der Waals surface area contributed by atoms with Crippen LogP contribution < -0.4 is 9.62 Å². The first-order valence-electron chi connectivity index (χ1n) is 12.3. The van der Waals surface area contributed by atoms with Gasteiger partial charge in [0.25, 0.3) is 12.3 Å². The van der Waals surface area contributed by atoms with Crippen molar-refractivity contribution < 1.29 is 26.7 Å². The number of alkyl halides is 2. The Morgan fingerprint density at radius 2 is 1.97 bits per heavy atom. The van der Waals surface area contributed by atoms with Gasteiger partial charge in [-0.2, -0.15) is 0 Å². The van der Waals surface area contributed by atoms with Crippen LogP contribution in [0.15, 0.2) is 23.4 Å². The number of amides is 1. The van der Waals surface area contributed by atoms with E-state index in [0.29, 0.717) is 42.2 Å². The van der Waals surface area contributed by atoms with E-state index in [1.807, 2.05) is 11.8 Å². The number of aromatic nitrogens is 4. The summed E-state index contributed by atoms with van der Waals surface area (Å²) in [5.74, 6) is 0.104. The molecule has 38 heavy (non-hydrogen) atoms. The number of morpholine rings is 1. The van der Waals surface area contributed by atoms with Gasteiger partial charge in [-0.3, -0.25) is 9.20 Å². The number of nitrogens with zero attached hydrogens (tertiary/aromatic N) is 6. The minimum atomic E-state index is -3.93. The van der Waals surface area contributed by atoms with Gasteiger partial charge in [-0.25, -0.2) is 26.9 Å². The number of sulfonamides is 1. The summed E-state index contributed by atoms with van der Waals surface area (Å²) in [6.45, 7) is 5.87. The first-order chi connectivity index (χ1) is 18.0. The molecule has 0 aromatic carbocycles. The van der Waals surface area contributed by atoms with Gasteiger partial charge in [0.05, 0.1) is 30.6 Å². The predicted molar refractivity (Wildman–Crippen MR) is 135 cm³/mol. The zero-order chi connectivity index (χ0) is 26.9. The summed E-state index contributed by atoms with van der Waals surface area (Å²) in [4.78, 5) is 21.2. The van der Waals surface area contributed by atoms with E-state index in [1.54, 1.807) is 28.5 Å². The van der Waals surface area contributed by atoms with Crippen molar-refractivity contribution in [3.8, 4) is 10.8 Å². The van der Waals surface area contributed by atoms with Gasteiger partial charge in [0.1, 0.15) is 4.90 Å². The van der Waals surface area contributed by atoms with Crippen molar-refractivity contribution in [2.45, 2.75) is 55.6 Å². The molecule has 0 spiro atoms. The van der Waals surface area contributed by atoms with E-state index in [-0.39, 0.29) is 34.8 Å². The van der Waals surface area contributed by atoms with Crippen molar-refractivity contribution >= 4 is 38.5 Å². The van der Waals surface area contributed by atoms with E-state index in [9.17, 15) is 22.0 Å². The first kappa shape index (κ1) is 25.5. The summed E-state index contributed by atoms with van der Waals surface area (Å²) in [5, 5.41) is 7.12. The second-order valence-electron chi connectivity index (χ2n) is 10.5. The maximum Gasteiger partial charge on any atom is 0.291 e. The highest BCUT2D eigenvalue weighted by Crippen LogP contribution is 2.38. The van der Waals surface area contributed by atoms with E-state index in [2.05, 4.69) is 19.9 Å². The number of carbonyl (C=O) groups excluding carboxylic acids is 1. The molecule has 3 aromatic heterocycles. The minimum Gasteiger partial charge on any atom is -0.364 e. The number of halogens is 2. The maximum atomic E-state index is 13.4. The van der Waals surface area contributed by atoms with E-state index < -0.39 is 32.6 Å². The van der Waals surface area contributed by atoms with Gasteiger partial charge in [-0.15, -0.1) is 10.2 Å². The summed E-state index contributed by atoms with van der Waals surface area (Å²) in [5.41, 5.74) is -0.514. The van der Waals surface area contributed by atoms with Crippen LogP contribution in [0.3, 0.4) is 0 Å². The fourth-order valence-electron chi connectivity index (χ4n) is 4.76. The lowest BCUT2D eigenvalue weighted by Crippen LogP contribution is -2.61. The number of anilines is 1. The minimum absolute atomic E-state index is 0.00626. The highest BCUT2D eigenvalue weighted by molar-refractivity contribution is 7.89. The topological polar surface area (TPSA) is 122 Å². The molecule has 3 fully saturated rings. The lowest BCUT2D eigenvalue weighted by atomic mass is 9.99. The standard InChI is InChI=1S/C23H27F2N7O4S2/c1-22(4-5-22)29-38(34,35)14-10-15(31-8-9-36-23(2,13-31)21(33)30-6-3-7-30)16-11-26-18(32(16)12-14)20-28-27-19(37-20)17(24)25/h10-12,17,29H,3-9,13H2,1-2H3/t23-/m1/s1. The molecular formula is C23H27F2N7O4S2. The number of rotatable bonds is 7. The van der Waals surface area contributed by atoms with Crippen molar-refractivity contribution in [3.05, 3.63) is 23.5 Å². The molecule has 2 saturated heterocycles. The quantitative estimate of drug-likeness (QED) is 0.462. The predicted octanol–water partition coefficient (Wildman–Crippen LogP) is 2.45. The third-order valence-electron chi connectivity index (χ3n) is 7.32. The maximum absolute atomic E-state index is 13.4. The molecule has 0 radical (unpaired) electrons. The number of likely N-dealkylation sites (tertiary alicyclic amines) is 1. The van der Waals surface area contributed by atoms with Crippen molar-refractivity contribution in [2.75, 3.05) is 37.7 Å². The van der Waals surface area contributed by atoms with E-state index in [0.717, 1.165) is 19.3 Å². The van der Waals surface area contributed by atoms with Crippen molar-refractivity contribution in [1.29, 1.82) is 0 Å². The molecule has 6 rings (SSSR count). The van der Waals surface area contributed by atoms with E-state index >= 15 is 0 Å². The van der Waals surface area contributed by atoms with Gasteiger partial charge >= 0.3 is 0 Å². The molecule has 1 N–H and O–H groups in total. The summed E-state index contributed by atoms with van der Waals surface area (Å²) in [6.07, 6.45) is 2.61. The Hall–Kier alpha value is -2.75. The Morgan fingerprint density at radius 1 is 1.21 bits per heavy atom. The van der Waals surface area contributed by atoms with Crippen LogP contribution in [0.2, 0.25) is 0 Å². The second-order valence-corrected chi connectivity index (χ2v) is 13.1. The summed E-state index contributed by atoms with van der Waals surface area (Å²) >= 11 is 0.700. The van der Waals surface area contributed by atoms with E-state index in [1.165, 1.54) is 6.20 Å². The van der Waals surface area contributed by atoms with Crippen molar-refractivity contribution in [1.82, 2.24) is 29.2 Å². The van der Waals surface area contributed by atoms with Gasteiger partial charge in [-0.05, 0) is 39.2 Å². The first-order valence-corrected chi connectivity index (χ1v) is 14.6. The molecule has 11 nitrogen and oxygen atoms in total. The third-order valence-corrected chi connectivity index (χ3v) is 9.85. The molecule has 0 bridgehead atoms. The number of nitrogens with one attached hydrogen (secondary N) is 1. The molecule has 1 saturated carbocycles. The zero-order valence-electron chi connectivity index (χ0n) is 20.9. The Kier molecular flexibility index (Phi) is 5.97. The van der Waals surface area contributed by atoms with Gasteiger partial charge in [0.2, 0.25) is 10.0 Å². The fourth-order valence-corrected chi connectivity index (χ4v) is 6.93. The Bertz CT molecular complexity index is 1520. The van der Waals surface area contributed by atoms with Crippen LogP contribution in [0.4, 0.5) is 14.5 Å². The van der Waals surface area contributed by atoms with Gasteiger partial charge in [0.15, 0.2) is 21.4 Å². The molecule has 3 aromatic rings. The van der Waals surface area contributed by atoms with E-state index in [4.69, 9.17) is 4.74 Å². The molecule has 1 aliphatic carbocycles. The lowest BCUT2D eigenvalue weighted by molar-refractivity contribution is -0.161. The van der Waals surface area contributed by atoms with Crippen LogP contribution in [-0.2, 0) is 19.6 Å². The summed E-state index contributed by atoms with van der Waals surface area (Å²) in [7, 11) is -3.93. The lowest BCUT2D eigenvalue weighted by Gasteiger charge is -2.44. The number of imidazole rings is 1. The number of fused-ring (bicyclic) bond motifs is 1. The van der Waals surface area contributed by atoms with Crippen molar-refractivity contribution in [3.63, 3.8) is 0 Å². The van der Waals surface area contributed by atoms with Gasteiger partial charge in [0, 0.05) is 31.4 Å². The number of hydrogen-bond donors (Lipinski definition) is 1. The number of carbonyl (C=O) groups is 1. The van der Waals surface area contributed by atoms with Crippen LogP contribution in [0.25, 0.3) is 16.3 Å². The monoisotopic (exact) mass is 567 g/mol. The Labute approximate surface area is 221 Å². The molecule has 1 atom stereocenters. The molecular weight excluding hydrogens is 540 g/mol. The molecule has 0 unspecified atom stereocenters. The third kappa shape index (κ3) is 4.44. The highest BCUT2D eigenvalue weighted by atomic mass is 32.2. The van der Waals surface area contributed by atoms with Crippen LogP contribution >= 0.6 is 11.3 Å². The summed E-state index contributed by atoms with van der Waals surface area (Å²) in [6, 6.07) is 1.57. The second kappa shape index (κ2) is 8.89. The van der Waals surface area contributed by atoms with Crippen molar-refractivity contribution in [2.24, 2.45) is 0 Å². The van der Waals surface area contributed by atoms with Crippen LogP contribution in [0, 0.1) is 0 Å². The highest BCUT2D eigenvalue weighted by Gasteiger charge is 2.44. The fraction of sp³-hybridized carbons (Fsp3) is 0.565. The molecule has 3 aliphatic rings. The normalized spacial score (nSPS) is 23.2. The molecule has 1 amide bonds. The molecule has 5 heterocycles. The molecule has 15 heteroatoms. The largest absolute Gasteiger partial charge is 0.364 e. The molecule has 204 valence electrons. The smallest absolute Gasteiger partial charge is 0.291 e. The average Bonchev–Trinajstić information content (AvgIpc) is 3.22. The average molecular weight is 568 g/mol. The molecule has 2 aliphatic heterocycles. The Balaban J connectivity index is 1.45. The Morgan fingerprint density at radius 3 is 2.61 bits per heavy atom. The SMILES string of the molecule is CC1(NS(=O)(=O)c2cc(N3CCO[C@@](C)(C(=O)N4CCC4)C3)c3cnc(-c4nnc(C(F)F)s4)n3c2)CC1. The zero-order valence-corrected chi connectivity index (χ0v) is 22.5. The van der Waals surface area contributed by atoms with Gasteiger partial charge in [-0.1, -0.05) is 11.3 Å². The number of ether oxygens (including phenoxy) is 1. The summed E-state index contributed by atoms with van der Waals surface area (Å²) < 4.78 is 63.5. The number of pyridine rings is 1. The van der Waals surface area contributed by atoms with Crippen LogP contribution in [0.5, 0.6) is 0 Å². The van der Waals surface area contributed by atoms with Gasteiger partial charge < -0.3 is 14.5 Å².